The van der Waals surface area contributed by atoms with E-state index >= 15 is 0 Å². The third kappa shape index (κ3) is 3.31. The number of alkyl halides is 3. The second-order valence-corrected chi connectivity index (χ2v) is 9.31. The molecule has 2 unspecified atom stereocenters. The lowest BCUT2D eigenvalue weighted by Gasteiger charge is -2.23. The van der Waals surface area contributed by atoms with Crippen molar-refractivity contribution in [1.29, 1.82) is 0 Å². The van der Waals surface area contributed by atoms with Crippen LogP contribution in [0.15, 0.2) is 48.5 Å². The zero-order chi connectivity index (χ0) is 21.0. The van der Waals surface area contributed by atoms with Gasteiger partial charge in [0.25, 0.3) is 0 Å². The van der Waals surface area contributed by atoms with E-state index in [4.69, 9.17) is 0 Å². The number of benzene rings is 2. The summed E-state index contributed by atoms with van der Waals surface area (Å²) < 4.78 is 66.4. The largest absolute Gasteiger partial charge is 0.573 e. The second-order valence-electron chi connectivity index (χ2n) is 7.19. The number of hydrogen-bond donors (Lipinski definition) is 1. The maximum absolute atomic E-state index is 13.1. The molecule has 6 nitrogen and oxygen atoms in total. The number of fused-ring (bicyclic) bond motifs is 1. The number of halogens is 3. The van der Waals surface area contributed by atoms with Crippen LogP contribution in [-0.2, 0) is 14.8 Å². The fourth-order valence-corrected chi connectivity index (χ4v) is 6.02. The predicted molar refractivity (Wildman–Crippen MR) is 100 cm³/mol. The first-order valence-electron chi connectivity index (χ1n) is 8.79. The molecule has 1 aliphatic carbocycles. The number of sulfonamides is 1. The highest BCUT2D eigenvalue weighted by Crippen LogP contribution is 2.58. The molecule has 1 heterocycles. The van der Waals surface area contributed by atoms with E-state index < -0.39 is 32.8 Å². The Kier molecular flexibility index (Phi) is 4.30. The molecule has 0 aromatic heterocycles. The van der Waals surface area contributed by atoms with Crippen molar-refractivity contribution in [2.24, 2.45) is 5.92 Å². The normalized spacial score (nSPS) is 24.7. The standard InChI is InChI=1S/C19H17F3N2O4S/c1-12-2-6-15(7-3-12)24-11-13-10-18(13,29(24,26)27)17(25)23-14-4-8-16(9-5-14)28-19(20,21)22/h2-9,13H,10-11H2,1H3,(H,23,25). The van der Waals surface area contributed by atoms with E-state index in [2.05, 4.69) is 10.1 Å². The Bertz CT molecular complexity index is 1050. The van der Waals surface area contributed by atoms with Crippen LogP contribution in [0.5, 0.6) is 5.75 Å². The fraction of sp³-hybridized carbons (Fsp3) is 0.316. The number of amides is 1. The van der Waals surface area contributed by atoms with Crippen molar-refractivity contribution in [2.75, 3.05) is 16.2 Å². The van der Waals surface area contributed by atoms with Gasteiger partial charge in [0.15, 0.2) is 4.75 Å². The van der Waals surface area contributed by atoms with Gasteiger partial charge in [-0.15, -0.1) is 13.2 Å². The third-order valence-electron chi connectivity index (χ3n) is 5.24. The summed E-state index contributed by atoms with van der Waals surface area (Å²) in [6.07, 6.45) is -4.60. The van der Waals surface area contributed by atoms with Crippen LogP contribution in [-0.4, -0.2) is 32.0 Å². The highest BCUT2D eigenvalue weighted by atomic mass is 32.2. The lowest BCUT2D eigenvalue weighted by Crippen LogP contribution is -2.42. The molecule has 0 spiro atoms. The molecule has 1 amide bonds. The topological polar surface area (TPSA) is 75.7 Å². The third-order valence-corrected chi connectivity index (χ3v) is 7.78. The highest BCUT2D eigenvalue weighted by molar-refractivity contribution is 7.95. The Balaban J connectivity index is 1.51. The van der Waals surface area contributed by atoms with Crippen LogP contribution in [0.2, 0.25) is 0 Å². The molecule has 0 bridgehead atoms. The Labute approximate surface area is 165 Å². The van der Waals surface area contributed by atoms with Crippen LogP contribution >= 0.6 is 0 Å². The van der Waals surface area contributed by atoms with E-state index in [0.717, 1.165) is 17.7 Å². The Hall–Kier alpha value is -2.75. The average Bonchev–Trinajstić information content (AvgIpc) is 3.32. The molecule has 1 aliphatic heterocycles. The first-order chi connectivity index (χ1) is 13.5. The van der Waals surface area contributed by atoms with Gasteiger partial charge in [0.05, 0.1) is 5.69 Å². The molecule has 1 N–H and O–H groups in total. The molecule has 154 valence electrons. The Morgan fingerprint density at radius 2 is 1.76 bits per heavy atom. The van der Waals surface area contributed by atoms with E-state index in [1.165, 1.54) is 16.4 Å². The minimum atomic E-state index is -4.82. The molecule has 2 aromatic carbocycles. The van der Waals surface area contributed by atoms with Crippen molar-refractivity contribution < 1.29 is 31.1 Å². The predicted octanol–water partition coefficient (Wildman–Crippen LogP) is 3.44. The Morgan fingerprint density at radius 3 is 2.34 bits per heavy atom. The maximum Gasteiger partial charge on any atom is 0.573 e. The van der Waals surface area contributed by atoms with Gasteiger partial charge in [-0.3, -0.25) is 9.10 Å². The molecule has 2 aromatic rings. The maximum atomic E-state index is 13.1. The van der Waals surface area contributed by atoms with E-state index in [0.29, 0.717) is 5.69 Å². The number of carbonyl (C=O) groups is 1. The SMILES string of the molecule is Cc1ccc(N2CC3CC3(C(=O)Nc3ccc(OC(F)(F)F)cc3)S2(=O)=O)cc1. The van der Waals surface area contributed by atoms with Crippen molar-refractivity contribution in [3.63, 3.8) is 0 Å². The summed E-state index contributed by atoms with van der Waals surface area (Å²) in [5, 5.41) is 2.51. The monoisotopic (exact) mass is 426 g/mol. The summed E-state index contributed by atoms with van der Waals surface area (Å²) in [7, 11) is -3.92. The minimum Gasteiger partial charge on any atom is -0.406 e. The molecule has 1 saturated carbocycles. The van der Waals surface area contributed by atoms with Gasteiger partial charge in [-0.1, -0.05) is 17.7 Å². The van der Waals surface area contributed by atoms with Crippen molar-refractivity contribution in [2.45, 2.75) is 24.5 Å². The number of nitrogens with zero attached hydrogens (tertiary/aromatic N) is 1. The lowest BCUT2D eigenvalue weighted by atomic mass is 10.2. The number of anilines is 2. The van der Waals surface area contributed by atoms with Crippen LogP contribution in [0.4, 0.5) is 24.5 Å². The van der Waals surface area contributed by atoms with Crippen LogP contribution in [0.3, 0.4) is 0 Å². The number of aryl methyl sites for hydroxylation is 1. The number of hydrogen-bond acceptors (Lipinski definition) is 4. The quantitative estimate of drug-likeness (QED) is 0.813. The van der Waals surface area contributed by atoms with E-state index in [-0.39, 0.29) is 24.6 Å². The zero-order valence-corrected chi connectivity index (χ0v) is 16.0. The molecule has 2 atom stereocenters. The van der Waals surface area contributed by atoms with Crippen LogP contribution in [0, 0.1) is 12.8 Å². The van der Waals surface area contributed by atoms with Gasteiger partial charge in [0, 0.05) is 18.2 Å². The van der Waals surface area contributed by atoms with Gasteiger partial charge in [0.1, 0.15) is 5.75 Å². The van der Waals surface area contributed by atoms with Gasteiger partial charge in [-0.05, 0) is 49.7 Å². The number of rotatable bonds is 4. The first kappa shape index (κ1) is 19.6. The summed E-state index contributed by atoms with van der Waals surface area (Å²) in [6, 6.07) is 11.5. The van der Waals surface area contributed by atoms with Crippen molar-refractivity contribution >= 4 is 27.3 Å². The molecule has 2 aliphatic rings. The van der Waals surface area contributed by atoms with Crippen LogP contribution in [0.25, 0.3) is 0 Å². The Morgan fingerprint density at radius 1 is 1.14 bits per heavy atom. The fourth-order valence-electron chi connectivity index (χ4n) is 3.66. The van der Waals surface area contributed by atoms with Gasteiger partial charge >= 0.3 is 6.36 Å². The van der Waals surface area contributed by atoms with Crippen LogP contribution < -0.4 is 14.4 Å². The zero-order valence-electron chi connectivity index (χ0n) is 15.2. The van der Waals surface area contributed by atoms with E-state index in [9.17, 15) is 26.4 Å². The van der Waals surface area contributed by atoms with E-state index in [1.54, 1.807) is 24.3 Å². The molecule has 0 radical (unpaired) electrons. The molecule has 10 heteroatoms. The molecular weight excluding hydrogens is 409 g/mol. The number of nitrogens with one attached hydrogen (secondary N) is 1. The lowest BCUT2D eigenvalue weighted by molar-refractivity contribution is -0.274. The van der Waals surface area contributed by atoms with Crippen molar-refractivity contribution in [3.05, 3.63) is 54.1 Å². The summed E-state index contributed by atoms with van der Waals surface area (Å²) in [4.78, 5) is 12.8. The van der Waals surface area contributed by atoms with Gasteiger partial charge in [0.2, 0.25) is 15.9 Å². The van der Waals surface area contributed by atoms with Crippen LogP contribution in [0.1, 0.15) is 12.0 Å². The number of carbonyl (C=O) groups excluding carboxylic acids is 1. The first-order valence-corrected chi connectivity index (χ1v) is 10.2. The smallest absolute Gasteiger partial charge is 0.406 e. The summed E-state index contributed by atoms with van der Waals surface area (Å²) in [6.45, 7) is 2.11. The van der Waals surface area contributed by atoms with Gasteiger partial charge in [-0.25, -0.2) is 8.42 Å². The summed E-state index contributed by atoms with van der Waals surface area (Å²) >= 11 is 0. The molecule has 1 saturated heterocycles. The van der Waals surface area contributed by atoms with E-state index in [1.807, 2.05) is 6.92 Å². The number of ether oxygens (including phenoxy) is 1. The molecule has 4 rings (SSSR count). The minimum absolute atomic E-state index is 0.188. The summed E-state index contributed by atoms with van der Waals surface area (Å²) in [5.74, 6) is -1.44. The average molecular weight is 426 g/mol. The second kappa shape index (κ2) is 6.38. The molecule has 2 fully saturated rings. The molecular formula is C19H17F3N2O4S. The van der Waals surface area contributed by atoms with Crippen molar-refractivity contribution in [3.8, 4) is 5.75 Å². The highest BCUT2D eigenvalue weighted by Gasteiger charge is 2.75. The van der Waals surface area contributed by atoms with Gasteiger partial charge < -0.3 is 10.1 Å². The summed E-state index contributed by atoms with van der Waals surface area (Å²) in [5.41, 5.74) is 1.68. The van der Waals surface area contributed by atoms with Gasteiger partial charge in [-0.2, -0.15) is 0 Å². The van der Waals surface area contributed by atoms with Crippen molar-refractivity contribution in [1.82, 2.24) is 0 Å². The molecule has 29 heavy (non-hydrogen) atoms.